The highest BCUT2D eigenvalue weighted by Crippen LogP contribution is 2.38. The number of nitrogens with one attached hydrogen (secondary N) is 1. The zero-order chi connectivity index (χ0) is 23.9. The molecule has 0 aromatic carbocycles. The van der Waals surface area contributed by atoms with Crippen LogP contribution in [0.5, 0.6) is 0 Å². The summed E-state index contributed by atoms with van der Waals surface area (Å²) < 4.78 is 38.6. The van der Waals surface area contributed by atoms with Gasteiger partial charge >= 0.3 is 6.18 Å². The number of aryl methyl sites for hydroxylation is 1. The molecule has 9 heteroatoms. The van der Waals surface area contributed by atoms with Gasteiger partial charge in [0, 0.05) is 36.2 Å². The van der Waals surface area contributed by atoms with Crippen LogP contribution in [0.3, 0.4) is 0 Å². The predicted octanol–water partition coefficient (Wildman–Crippen LogP) is 4.97. The topological polar surface area (TPSA) is 71.0 Å². The summed E-state index contributed by atoms with van der Waals surface area (Å²) in [6.45, 7) is 2.49. The van der Waals surface area contributed by atoms with Crippen LogP contribution in [0.4, 0.5) is 19.0 Å². The molecule has 1 amide bonds. The minimum Gasteiger partial charge on any atom is -0.365 e. The van der Waals surface area contributed by atoms with E-state index in [4.69, 9.17) is 0 Å². The van der Waals surface area contributed by atoms with Gasteiger partial charge in [0.15, 0.2) is 0 Å². The Morgan fingerprint density at radius 2 is 1.94 bits per heavy atom. The van der Waals surface area contributed by atoms with Crippen molar-refractivity contribution in [2.45, 2.75) is 44.4 Å². The average molecular weight is 467 g/mol. The lowest BCUT2D eigenvalue weighted by atomic mass is 9.76. The van der Waals surface area contributed by atoms with E-state index in [1.807, 2.05) is 42.2 Å². The molecule has 6 nitrogen and oxygen atoms in total. The van der Waals surface area contributed by atoms with Crippen molar-refractivity contribution in [2.75, 3.05) is 11.9 Å². The van der Waals surface area contributed by atoms with Crippen LogP contribution in [0.25, 0.3) is 11.3 Å². The standard InChI is InChI=1S/C25H24F3N5O/c1-15-5-8-18(19-4-2-3-11-29-19)23(31-15)24(34)33-14-16-6-9-21(33)20(12-16)32-22-10-7-17(13-30-22)25(26,27)28/h2-5,7-8,10-11,13,16,20-21H,6,9,12,14H2,1H3,(H,30,32). The lowest BCUT2D eigenvalue weighted by molar-refractivity contribution is -0.137. The van der Waals surface area contributed by atoms with E-state index in [2.05, 4.69) is 20.3 Å². The number of hydrogen-bond acceptors (Lipinski definition) is 5. The molecule has 0 radical (unpaired) electrons. The lowest BCUT2D eigenvalue weighted by Gasteiger charge is -2.50. The SMILES string of the molecule is Cc1ccc(-c2ccccn2)c(C(=O)N2CC3CCC2C(Nc2ccc(C(F)(F)F)cn2)C3)n1. The fraction of sp³-hybridized carbons (Fsp3) is 0.360. The zero-order valence-corrected chi connectivity index (χ0v) is 18.6. The highest BCUT2D eigenvalue weighted by Gasteiger charge is 2.44. The van der Waals surface area contributed by atoms with Gasteiger partial charge in [0.05, 0.1) is 17.3 Å². The molecule has 3 fully saturated rings. The van der Waals surface area contributed by atoms with Gasteiger partial charge in [-0.2, -0.15) is 13.2 Å². The first kappa shape index (κ1) is 22.3. The van der Waals surface area contributed by atoms with Crippen LogP contribution in [0.1, 0.15) is 41.0 Å². The predicted molar refractivity (Wildman–Crippen MR) is 121 cm³/mol. The van der Waals surface area contributed by atoms with Crippen LogP contribution in [0.15, 0.2) is 54.9 Å². The quantitative estimate of drug-likeness (QED) is 0.587. The maximum atomic E-state index is 13.8. The van der Waals surface area contributed by atoms with Gasteiger partial charge in [0.25, 0.3) is 5.91 Å². The van der Waals surface area contributed by atoms with E-state index >= 15 is 0 Å². The van der Waals surface area contributed by atoms with Crippen molar-refractivity contribution in [1.29, 1.82) is 0 Å². The molecule has 3 aromatic rings. The number of carbonyl (C=O) groups is 1. The Morgan fingerprint density at radius 1 is 1.09 bits per heavy atom. The van der Waals surface area contributed by atoms with Crippen molar-refractivity contribution in [2.24, 2.45) is 5.92 Å². The molecule has 5 heterocycles. The molecule has 176 valence electrons. The van der Waals surface area contributed by atoms with Crippen LogP contribution in [-0.2, 0) is 6.18 Å². The summed E-state index contributed by atoms with van der Waals surface area (Å²) >= 11 is 0. The lowest BCUT2D eigenvalue weighted by Crippen LogP contribution is -2.60. The van der Waals surface area contributed by atoms with Gasteiger partial charge in [-0.1, -0.05) is 6.07 Å². The van der Waals surface area contributed by atoms with Crippen LogP contribution >= 0.6 is 0 Å². The largest absolute Gasteiger partial charge is 0.417 e. The Hall–Kier alpha value is -3.49. The molecule has 2 saturated heterocycles. The van der Waals surface area contributed by atoms with Crippen molar-refractivity contribution >= 4 is 11.7 Å². The van der Waals surface area contributed by atoms with Gasteiger partial charge in [-0.25, -0.2) is 9.97 Å². The van der Waals surface area contributed by atoms with E-state index in [1.54, 1.807) is 6.20 Å². The summed E-state index contributed by atoms with van der Waals surface area (Å²) in [5.74, 6) is 0.538. The van der Waals surface area contributed by atoms with E-state index < -0.39 is 11.7 Å². The average Bonchev–Trinajstić information content (AvgIpc) is 2.84. The van der Waals surface area contributed by atoms with E-state index in [0.29, 0.717) is 35.2 Å². The third kappa shape index (κ3) is 4.34. The molecule has 1 N–H and O–H groups in total. The van der Waals surface area contributed by atoms with Gasteiger partial charge in [0.2, 0.25) is 0 Å². The molecule has 0 spiro atoms. The monoisotopic (exact) mass is 467 g/mol. The maximum Gasteiger partial charge on any atom is 0.417 e. The van der Waals surface area contributed by atoms with Crippen molar-refractivity contribution in [3.05, 3.63) is 71.8 Å². The molecule has 2 bridgehead atoms. The summed E-state index contributed by atoms with van der Waals surface area (Å²) in [6.07, 6.45) is 0.766. The normalized spacial score (nSPS) is 22.0. The molecule has 2 aliphatic heterocycles. The Bertz CT molecular complexity index is 1180. The Kier molecular flexibility index (Phi) is 5.71. The molecule has 1 aliphatic carbocycles. The third-order valence-electron chi connectivity index (χ3n) is 6.64. The summed E-state index contributed by atoms with van der Waals surface area (Å²) in [5, 5.41) is 3.28. The van der Waals surface area contributed by atoms with Crippen LogP contribution < -0.4 is 5.32 Å². The second-order valence-corrected chi connectivity index (χ2v) is 8.95. The van der Waals surface area contributed by atoms with Crippen LogP contribution in [0, 0.1) is 12.8 Å². The Morgan fingerprint density at radius 3 is 2.62 bits per heavy atom. The molecule has 34 heavy (non-hydrogen) atoms. The van der Waals surface area contributed by atoms with Gasteiger partial charge in [-0.3, -0.25) is 9.78 Å². The summed E-state index contributed by atoms with van der Waals surface area (Å²) in [7, 11) is 0. The van der Waals surface area contributed by atoms with E-state index in [9.17, 15) is 18.0 Å². The third-order valence-corrected chi connectivity index (χ3v) is 6.64. The van der Waals surface area contributed by atoms with E-state index in [1.165, 1.54) is 6.07 Å². The minimum atomic E-state index is -4.43. The van der Waals surface area contributed by atoms with Gasteiger partial charge in [-0.05, 0) is 68.5 Å². The van der Waals surface area contributed by atoms with Crippen molar-refractivity contribution < 1.29 is 18.0 Å². The number of pyridine rings is 3. The van der Waals surface area contributed by atoms with Crippen LogP contribution in [0.2, 0.25) is 0 Å². The van der Waals surface area contributed by atoms with Crippen molar-refractivity contribution in [3.8, 4) is 11.3 Å². The first-order chi connectivity index (χ1) is 16.3. The molecule has 3 unspecified atom stereocenters. The number of hydrogen-bond donors (Lipinski definition) is 1. The number of piperidine rings is 2. The maximum absolute atomic E-state index is 13.8. The van der Waals surface area contributed by atoms with Crippen molar-refractivity contribution in [1.82, 2.24) is 19.9 Å². The Balaban J connectivity index is 1.40. The minimum absolute atomic E-state index is 0.0937. The summed E-state index contributed by atoms with van der Waals surface area (Å²) in [5.41, 5.74) is 1.70. The second kappa shape index (κ2) is 8.70. The number of aromatic nitrogens is 3. The molecule has 6 rings (SSSR count). The van der Waals surface area contributed by atoms with Crippen LogP contribution in [-0.4, -0.2) is 44.4 Å². The highest BCUT2D eigenvalue weighted by atomic mass is 19.4. The highest BCUT2D eigenvalue weighted by molar-refractivity contribution is 5.99. The number of anilines is 1. The summed E-state index contributed by atoms with van der Waals surface area (Å²) in [6, 6.07) is 11.5. The van der Waals surface area contributed by atoms with E-state index in [-0.39, 0.29) is 18.0 Å². The first-order valence-electron chi connectivity index (χ1n) is 11.3. The molecule has 3 aromatic heterocycles. The zero-order valence-electron chi connectivity index (χ0n) is 18.6. The Labute approximate surface area is 195 Å². The number of amides is 1. The number of carbonyl (C=O) groups excluding carboxylic acids is 1. The molecule has 3 atom stereocenters. The van der Waals surface area contributed by atoms with Crippen molar-refractivity contribution in [3.63, 3.8) is 0 Å². The molecule has 1 saturated carbocycles. The first-order valence-corrected chi connectivity index (χ1v) is 11.3. The van der Waals surface area contributed by atoms with E-state index in [0.717, 1.165) is 37.2 Å². The smallest absolute Gasteiger partial charge is 0.365 e. The fourth-order valence-corrected chi connectivity index (χ4v) is 5.00. The number of nitrogens with zero attached hydrogens (tertiary/aromatic N) is 4. The summed E-state index contributed by atoms with van der Waals surface area (Å²) in [4.78, 5) is 28.6. The molecule has 3 aliphatic rings. The second-order valence-electron chi connectivity index (χ2n) is 8.95. The number of rotatable bonds is 4. The number of halogens is 3. The van der Waals surface area contributed by atoms with Gasteiger partial charge in [0.1, 0.15) is 11.5 Å². The molecular weight excluding hydrogens is 443 g/mol. The van der Waals surface area contributed by atoms with Gasteiger partial charge < -0.3 is 10.2 Å². The molecular formula is C25H24F3N5O. The number of alkyl halides is 3. The number of fused-ring (bicyclic) bond motifs is 3. The van der Waals surface area contributed by atoms with Gasteiger partial charge in [-0.15, -0.1) is 0 Å². The fourth-order valence-electron chi connectivity index (χ4n) is 5.00.